The minimum absolute atomic E-state index is 0.546. The molecule has 0 bridgehead atoms. The van der Waals surface area contributed by atoms with Crippen LogP contribution in [0.3, 0.4) is 0 Å². The third kappa shape index (κ3) is 3.77. The quantitative estimate of drug-likeness (QED) is 0.768. The Morgan fingerprint density at radius 1 is 1.44 bits per heavy atom. The molecule has 0 aliphatic heterocycles. The Bertz CT molecular complexity index is 377. The molecule has 6 heteroatoms. The molecule has 0 aromatic heterocycles. The Kier molecular flexibility index (Phi) is 4.23. The van der Waals surface area contributed by atoms with Crippen LogP contribution in [0.25, 0.3) is 0 Å². The van der Waals surface area contributed by atoms with Gasteiger partial charge in [-0.25, -0.2) is 0 Å². The number of carbonyl (C=O) groups excluding carboxylic acids is 1. The van der Waals surface area contributed by atoms with Crippen LogP contribution in [0.5, 0.6) is 5.75 Å². The van der Waals surface area contributed by atoms with E-state index in [1.165, 1.54) is 7.11 Å². The smallest absolute Gasteiger partial charge is 0.450 e. The number of rotatable bonds is 4. The maximum absolute atomic E-state index is 11.9. The topological polar surface area (TPSA) is 26.3 Å². The van der Waals surface area contributed by atoms with E-state index in [0.29, 0.717) is 10.6 Å². The van der Waals surface area contributed by atoms with Crippen molar-refractivity contribution in [3.8, 4) is 5.75 Å². The molecule has 0 radical (unpaired) electrons. The van der Waals surface area contributed by atoms with Crippen molar-refractivity contribution in [1.29, 1.82) is 0 Å². The lowest BCUT2D eigenvalue weighted by Crippen LogP contribution is -2.24. The molecular weight excluding hydrogens is 241 g/mol. The second-order valence-electron chi connectivity index (χ2n) is 2.89. The van der Waals surface area contributed by atoms with Crippen molar-refractivity contribution in [1.82, 2.24) is 0 Å². The molecule has 0 N–H and O–H groups in total. The van der Waals surface area contributed by atoms with Gasteiger partial charge in [0.1, 0.15) is 5.75 Å². The van der Waals surface area contributed by atoms with Crippen LogP contribution in [-0.4, -0.2) is 24.8 Å². The third-order valence-electron chi connectivity index (χ3n) is 1.73. The standard InChI is InChI=1S/C10H9F3O2S/c1-15-7-3-2-4-8(5-7)16-6-9(14)10(11,12)13/h2-5H,6H2,1H3. The first-order chi connectivity index (χ1) is 7.43. The van der Waals surface area contributed by atoms with Gasteiger partial charge in [0, 0.05) is 4.90 Å². The van der Waals surface area contributed by atoms with E-state index in [1.807, 2.05) is 0 Å². The lowest BCUT2D eigenvalue weighted by Gasteiger charge is -2.05. The second-order valence-corrected chi connectivity index (χ2v) is 3.94. The highest BCUT2D eigenvalue weighted by Gasteiger charge is 2.37. The Balaban J connectivity index is 2.58. The van der Waals surface area contributed by atoms with Crippen molar-refractivity contribution >= 4 is 17.5 Å². The predicted molar refractivity (Wildman–Crippen MR) is 54.8 cm³/mol. The molecule has 0 saturated carbocycles. The average molecular weight is 250 g/mol. The van der Waals surface area contributed by atoms with Crippen LogP contribution in [0.4, 0.5) is 13.2 Å². The Labute approximate surface area is 94.8 Å². The van der Waals surface area contributed by atoms with Gasteiger partial charge in [-0.15, -0.1) is 11.8 Å². The summed E-state index contributed by atoms with van der Waals surface area (Å²) in [5.74, 6) is -1.80. The number of hydrogen-bond acceptors (Lipinski definition) is 3. The first-order valence-corrected chi connectivity index (χ1v) is 5.29. The minimum Gasteiger partial charge on any atom is -0.497 e. The van der Waals surface area contributed by atoms with Gasteiger partial charge >= 0.3 is 6.18 Å². The summed E-state index contributed by atoms with van der Waals surface area (Å²) in [5, 5.41) is 0. The lowest BCUT2D eigenvalue weighted by atomic mass is 10.3. The first-order valence-electron chi connectivity index (χ1n) is 4.30. The van der Waals surface area contributed by atoms with Crippen molar-refractivity contribution in [3.05, 3.63) is 24.3 Å². The fourth-order valence-corrected chi connectivity index (χ4v) is 1.76. The zero-order valence-electron chi connectivity index (χ0n) is 8.38. The van der Waals surface area contributed by atoms with Crippen molar-refractivity contribution < 1.29 is 22.7 Å². The summed E-state index contributed by atoms with van der Waals surface area (Å²) in [4.78, 5) is 11.2. The summed E-state index contributed by atoms with van der Waals surface area (Å²) >= 11 is 0.835. The summed E-state index contributed by atoms with van der Waals surface area (Å²) in [7, 11) is 1.46. The number of methoxy groups -OCH3 is 1. The molecule has 0 spiro atoms. The number of Topliss-reactive ketones (excluding diaryl/α,β-unsaturated/α-hetero) is 1. The number of benzene rings is 1. The van der Waals surface area contributed by atoms with E-state index in [2.05, 4.69) is 0 Å². The van der Waals surface area contributed by atoms with Gasteiger partial charge in [-0.2, -0.15) is 13.2 Å². The highest BCUT2D eigenvalue weighted by molar-refractivity contribution is 8.00. The van der Waals surface area contributed by atoms with E-state index in [-0.39, 0.29) is 0 Å². The third-order valence-corrected chi connectivity index (χ3v) is 2.72. The Morgan fingerprint density at radius 2 is 2.12 bits per heavy atom. The summed E-state index contributed by atoms with van der Waals surface area (Å²) < 4.78 is 40.6. The van der Waals surface area contributed by atoms with Crippen LogP contribution in [0, 0.1) is 0 Å². The number of carbonyl (C=O) groups is 1. The molecule has 0 amide bonds. The summed E-state index contributed by atoms with van der Waals surface area (Å²) in [5.41, 5.74) is 0. The highest BCUT2D eigenvalue weighted by Crippen LogP contribution is 2.25. The van der Waals surface area contributed by atoms with Gasteiger partial charge in [0.05, 0.1) is 12.9 Å². The normalized spacial score (nSPS) is 11.2. The van der Waals surface area contributed by atoms with Gasteiger partial charge in [-0.3, -0.25) is 4.79 Å². The van der Waals surface area contributed by atoms with Crippen LogP contribution < -0.4 is 4.74 Å². The predicted octanol–water partition coefficient (Wildman–Crippen LogP) is 2.92. The number of alkyl halides is 3. The summed E-state index contributed by atoms with van der Waals surface area (Å²) in [6, 6.07) is 6.53. The van der Waals surface area contributed by atoms with Gasteiger partial charge < -0.3 is 4.74 Å². The fourth-order valence-electron chi connectivity index (χ4n) is 0.922. The molecule has 0 fully saturated rings. The fraction of sp³-hybridized carbons (Fsp3) is 0.300. The van der Waals surface area contributed by atoms with E-state index in [9.17, 15) is 18.0 Å². The average Bonchev–Trinajstić information content (AvgIpc) is 2.25. The molecule has 2 nitrogen and oxygen atoms in total. The Morgan fingerprint density at radius 3 is 2.69 bits per heavy atom. The van der Waals surface area contributed by atoms with Gasteiger partial charge in [-0.05, 0) is 18.2 Å². The van der Waals surface area contributed by atoms with Crippen LogP contribution in [-0.2, 0) is 4.79 Å². The van der Waals surface area contributed by atoms with E-state index >= 15 is 0 Å². The number of hydrogen-bond donors (Lipinski definition) is 0. The molecule has 0 saturated heterocycles. The van der Waals surface area contributed by atoms with Crippen LogP contribution in [0.15, 0.2) is 29.2 Å². The monoisotopic (exact) mass is 250 g/mol. The molecule has 0 aliphatic carbocycles. The minimum atomic E-state index is -4.76. The van der Waals surface area contributed by atoms with Crippen LogP contribution >= 0.6 is 11.8 Å². The molecular formula is C10H9F3O2S. The van der Waals surface area contributed by atoms with Crippen molar-refractivity contribution in [2.75, 3.05) is 12.9 Å². The molecule has 1 aromatic rings. The summed E-state index contributed by atoms with van der Waals surface area (Å²) in [6.07, 6.45) is -4.76. The maximum Gasteiger partial charge on any atom is 0.450 e. The highest BCUT2D eigenvalue weighted by atomic mass is 32.2. The van der Waals surface area contributed by atoms with E-state index < -0.39 is 17.7 Å². The second kappa shape index (κ2) is 5.25. The zero-order valence-corrected chi connectivity index (χ0v) is 9.19. The van der Waals surface area contributed by atoms with Crippen molar-refractivity contribution in [2.45, 2.75) is 11.1 Å². The van der Waals surface area contributed by atoms with Gasteiger partial charge in [0.2, 0.25) is 5.78 Å². The molecule has 0 unspecified atom stereocenters. The summed E-state index contributed by atoms with van der Waals surface area (Å²) in [6.45, 7) is 0. The van der Waals surface area contributed by atoms with Gasteiger partial charge in [0.15, 0.2) is 0 Å². The molecule has 0 heterocycles. The molecule has 1 aromatic carbocycles. The maximum atomic E-state index is 11.9. The van der Waals surface area contributed by atoms with Crippen molar-refractivity contribution in [3.63, 3.8) is 0 Å². The van der Waals surface area contributed by atoms with E-state index in [1.54, 1.807) is 24.3 Å². The number of halogens is 3. The molecule has 0 aliphatic rings. The number of thioether (sulfide) groups is 1. The number of ketones is 1. The largest absolute Gasteiger partial charge is 0.497 e. The Hall–Kier alpha value is -1.17. The van der Waals surface area contributed by atoms with Gasteiger partial charge in [-0.1, -0.05) is 6.07 Å². The molecule has 16 heavy (non-hydrogen) atoms. The number of ether oxygens (including phenoxy) is 1. The van der Waals surface area contributed by atoms with E-state index in [0.717, 1.165) is 11.8 Å². The van der Waals surface area contributed by atoms with Crippen LogP contribution in [0.1, 0.15) is 0 Å². The van der Waals surface area contributed by atoms with Crippen molar-refractivity contribution in [2.24, 2.45) is 0 Å². The molecule has 0 atom stereocenters. The SMILES string of the molecule is COc1cccc(SCC(=O)C(F)(F)F)c1. The lowest BCUT2D eigenvalue weighted by molar-refractivity contribution is -0.167. The molecule has 1 rings (SSSR count). The zero-order chi connectivity index (χ0) is 12.2. The van der Waals surface area contributed by atoms with E-state index in [4.69, 9.17) is 4.74 Å². The first kappa shape index (κ1) is 12.9. The van der Waals surface area contributed by atoms with Crippen LogP contribution in [0.2, 0.25) is 0 Å². The van der Waals surface area contributed by atoms with Gasteiger partial charge in [0.25, 0.3) is 0 Å². The molecule has 88 valence electrons.